The second-order valence-electron chi connectivity index (χ2n) is 2.99. The van der Waals surface area contributed by atoms with Gasteiger partial charge in [0.25, 0.3) is 0 Å². The second-order valence-corrected chi connectivity index (χ2v) is 2.99. The highest BCUT2D eigenvalue weighted by Gasteiger charge is 2.01. The molecule has 4 N–H and O–H groups in total. The summed E-state index contributed by atoms with van der Waals surface area (Å²) in [5, 5.41) is 2.63. The summed E-state index contributed by atoms with van der Waals surface area (Å²) < 4.78 is 0. The third-order valence-electron chi connectivity index (χ3n) is 1.61. The number of carbonyl (C=O) groups is 2. The first-order chi connectivity index (χ1) is 7.68. The van der Waals surface area contributed by atoms with Crippen LogP contribution in [0.4, 0.5) is 5.69 Å². The van der Waals surface area contributed by atoms with Crippen molar-refractivity contribution in [3.63, 3.8) is 0 Å². The third-order valence-corrected chi connectivity index (χ3v) is 1.61. The van der Waals surface area contributed by atoms with Crippen LogP contribution >= 0.6 is 0 Å². The number of carbonyl (C=O) groups excluding carboxylic acids is 2. The number of amides is 2. The zero-order valence-corrected chi connectivity index (χ0v) is 8.60. The van der Waals surface area contributed by atoms with Gasteiger partial charge in [0, 0.05) is 5.69 Å². The Morgan fingerprint density at radius 2 is 1.94 bits per heavy atom. The Labute approximate surface area is 92.7 Å². The van der Waals surface area contributed by atoms with Gasteiger partial charge in [0.2, 0.25) is 11.8 Å². The average Bonchev–Trinajstić information content (AvgIpc) is 2.25. The van der Waals surface area contributed by atoms with Gasteiger partial charge in [-0.05, 0) is 12.1 Å². The van der Waals surface area contributed by atoms with Crippen LogP contribution in [0.5, 0.6) is 0 Å². The van der Waals surface area contributed by atoms with Crippen molar-refractivity contribution in [1.29, 1.82) is 0 Å². The van der Waals surface area contributed by atoms with Gasteiger partial charge in [-0.3, -0.25) is 14.4 Å². The maximum atomic E-state index is 11.3. The first-order valence-corrected chi connectivity index (χ1v) is 4.66. The van der Waals surface area contributed by atoms with Crippen molar-refractivity contribution >= 4 is 17.5 Å². The van der Waals surface area contributed by atoms with Gasteiger partial charge in [-0.2, -0.15) is 5.48 Å². The molecule has 6 nitrogen and oxygen atoms in total. The van der Waals surface area contributed by atoms with Gasteiger partial charge in [0.15, 0.2) is 0 Å². The smallest absolute Gasteiger partial charge is 0.245 e. The van der Waals surface area contributed by atoms with Crippen molar-refractivity contribution in [3.8, 4) is 0 Å². The molecule has 0 aliphatic rings. The fourth-order valence-corrected chi connectivity index (χ4v) is 0.965. The van der Waals surface area contributed by atoms with Gasteiger partial charge in [-0.25, -0.2) is 0 Å². The number of nitrogens with two attached hydrogens (primary N) is 1. The lowest BCUT2D eigenvalue weighted by Gasteiger charge is -2.05. The maximum Gasteiger partial charge on any atom is 0.245 e. The lowest BCUT2D eigenvalue weighted by atomic mass is 10.3. The molecule has 1 rings (SSSR count). The minimum Gasteiger partial charge on any atom is -0.368 e. The monoisotopic (exact) mass is 223 g/mol. The summed E-state index contributed by atoms with van der Waals surface area (Å²) >= 11 is 0. The topological polar surface area (TPSA) is 93.5 Å². The van der Waals surface area contributed by atoms with E-state index in [-0.39, 0.29) is 19.1 Å². The number of anilines is 1. The van der Waals surface area contributed by atoms with Gasteiger partial charge >= 0.3 is 0 Å². The van der Waals surface area contributed by atoms with Gasteiger partial charge in [0.1, 0.15) is 13.2 Å². The molecule has 86 valence electrons. The molecule has 0 bridgehead atoms. The summed E-state index contributed by atoms with van der Waals surface area (Å²) in [4.78, 5) is 26.2. The summed E-state index contributed by atoms with van der Waals surface area (Å²) in [5.74, 6) is -0.869. The van der Waals surface area contributed by atoms with Crippen molar-refractivity contribution in [2.75, 3.05) is 18.5 Å². The van der Waals surface area contributed by atoms with Crippen LogP contribution in [0.15, 0.2) is 30.3 Å². The van der Waals surface area contributed by atoms with Crippen molar-refractivity contribution in [3.05, 3.63) is 30.3 Å². The number of hydroxylamine groups is 1. The number of rotatable bonds is 6. The van der Waals surface area contributed by atoms with Crippen molar-refractivity contribution in [2.45, 2.75) is 0 Å². The van der Waals surface area contributed by atoms with E-state index in [0.717, 1.165) is 0 Å². The Balaban J connectivity index is 2.19. The van der Waals surface area contributed by atoms with Crippen LogP contribution in [-0.4, -0.2) is 25.0 Å². The van der Waals surface area contributed by atoms with Gasteiger partial charge in [0.05, 0.1) is 0 Å². The molecule has 6 heteroatoms. The molecule has 0 spiro atoms. The van der Waals surface area contributed by atoms with Crippen molar-refractivity contribution in [2.24, 2.45) is 5.73 Å². The van der Waals surface area contributed by atoms with Gasteiger partial charge in [-0.15, -0.1) is 0 Å². The summed E-state index contributed by atoms with van der Waals surface area (Å²) in [7, 11) is 0. The Morgan fingerprint density at radius 1 is 1.25 bits per heavy atom. The fraction of sp³-hybridized carbons (Fsp3) is 0.200. The SMILES string of the molecule is NC(=O)CONCC(=O)Nc1ccccc1. The number of hydrogen-bond acceptors (Lipinski definition) is 4. The summed E-state index contributed by atoms with van der Waals surface area (Å²) in [5.41, 5.74) is 7.85. The molecule has 0 aliphatic heterocycles. The zero-order valence-electron chi connectivity index (χ0n) is 8.60. The predicted molar refractivity (Wildman–Crippen MR) is 58.2 cm³/mol. The van der Waals surface area contributed by atoms with Crippen molar-refractivity contribution in [1.82, 2.24) is 5.48 Å². The highest BCUT2D eigenvalue weighted by Crippen LogP contribution is 2.03. The standard InChI is InChI=1S/C10H13N3O3/c11-9(14)7-16-12-6-10(15)13-8-4-2-1-3-5-8/h1-5,12H,6-7H2,(H2,11,14)(H,13,15). The minimum atomic E-state index is -0.601. The number of nitrogens with one attached hydrogen (secondary N) is 2. The van der Waals surface area contributed by atoms with E-state index in [9.17, 15) is 9.59 Å². The van der Waals surface area contributed by atoms with E-state index < -0.39 is 5.91 Å². The molecule has 0 atom stereocenters. The molecule has 0 heterocycles. The summed E-state index contributed by atoms with van der Waals surface area (Å²) in [6.07, 6.45) is 0. The van der Waals surface area contributed by atoms with E-state index >= 15 is 0 Å². The molecule has 2 amide bonds. The fourth-order valence-electron chi connectivity index (χ4n) is 0.965. The molecular formula is C10H13N3O3. The molecule has 0 saturated heterocycles. The quantitative estimate of drug-likeness (QED) is 0.453. The van der Waals surface area contributed by atoms with E-state index in [4.69, 9.17) is 5.73 Å². The van der Waals surface area contributed by atoms with E-state index in [2.05, 4.69) is 15.6 Å². The average molecular weight is 223 g/mol. The van der Waals surface area contributed by atoms with E-state index in [1.807, 2.05) is 18.2 Å². The molecule has 16 heavy (non-hydrogen) atoms. The predicted octanol–water partition coefficient (Wildman–Crippen LogP) is -0.368. The Morgan fingerprint density at radius 3 is 2.56 bits per heavy atom. The molecule has 0 fully saturated rings. The first kappa shape index (κ1) is 12.2. The Bertz CT molecular complexity index is 354. The van der Waals surface area contributed by atoms with Crippen LogP contribution in [0.1, 0.15) is 0 Å². The van der Waals surface area contributed by atoms with E-state index in [1.54, 1.807) is 12.1 Å². The molecule has 0 aliphatic carbocycles. The molecule has 1 aromatic carbocycles. The lowest BCUT2D eigenvalue weighted by molar-refractivity contribution is -0.127. The Kier molecular flexibility index (Phi) is 4.97. The maximum absolute atomic E-state index is 11.3. The zero-order chi connectivity index (χ0) is 11.8. The number of primary amides is 1. The third kappa shape index (κ3) is 5.08. The molecule has 1 aromatic rings. The van der Waals surface area contributed by atoms with Gasteiger partial charge in [-0.1, -0.05) is 18.2 Å². The highest BCUT2D eigenvalue weighted by molar-refractivity contribution is 5.92. The summed E-state index contributed by atoms with van der Waals surface area (Å²) in [6, 6.07) is 9.01. The Hall–Kier alpha value is -1.92. The highest BCUT2D eigenvalue weighted by atomic mass is 16.6. The van der Waals surface area contributed by atoms with Crippen LogP contribution in [0.25, 0.3) is 0 Å². The lowest BCUT2D eigenvalue weighted by Crippen LogP contribution is -2.31. The van der Waals surface area contributed by atoms with Crippen LogP contribution < -0.4 is 16.5 Å². The van der Waals surface area contributed by atoms with Crippen LogP contribution in [-0.2, 0) is 14.4 Å². The van der Waals surface area contributed by atoms with Crippen molar-refractivity contribution < 1.29 is 14.4 Å². The first-order valence-electron chi connectivity index (χ1n) is 4.66. The molecule has 0 aromatic heterocycles. The van der Waals surface area contributed by atoms with Crippen LogP contribution in [0.2, 0.25) is 0 Å². The normalized spacial score (nSPS) is 9.75. The molecule has 0 saturated carbocycles. The number of hydrogen-bond donors (Lipinski definition) is 3. The van der Waals surface area contributed by atoms with Crippen LogP contribution in [0.3, 0.4) is 0 Å². The second kappa shape index (κ2) is 6.54. The van der Waals surface area contributed by atoms with E-state index in [0.29, 0.717) is 5.69 Å². The summed E-state index contributed by atoms with van der Waals surface area (Å²) in [6.45, 7) is -0.319. The number of benzene rings is 1. The molecule has 0 radical (unpaired) electrons. The molecular weight excluding hydrogens is 210 g/mol. The largest absolute Gasteiger partial charge is 0.368 e. The molecule has 0 unspecified atom stereocenters. The van der Waals surface area contributed by atoms with E-state index in [1.165, 1.54) is 0 Å². The minimum absolute atomic E-state index is 0.0534. The van der Waals surface area contributed by atoms with Gasteiger partial charge < -0.3 is 11.1 Å². The van der Waals surface area contributed by atoms with Crippen LogP contribution in [0, 0.1) is 0 Å². The number of para-hydroxylation sites is 1.